The van der Waals surface area contributed by atoms with Gasteiger partial charge in [-0.15, -0.1) is 0 Å². The first-order chi connectivity index (χ1) is 10.7. The van der Waals surface area contributed by atoms with Gasteiger partial charge in [0.15, 0.2) is 5.75 Å². The SMILES string of the molecule is COc1ccc(N2C=Cc3cc4[nH]c(=O)[nH]c4cc3O2)cc1. The molecule has 3 aromatic rings. The lowest BCUT2D eigenvalue weighted by molar-refractivity contribution is 0.315. The number of methoxy groups -OCH3 is 1. The number of hydrogen-bond donors (Lipinski definition) is 2. The zero-order valence-electron chi connectivity index (χ0n) is 11.8. The van der Waals surface area contributed by atoms with Crippen LogP contribution in [-0.4, -0.2) is 17.1 Å². The number of benzene rings is 2. The molecule has 1 aromatic heterocycles. The third-order valence-electron chi connectivity index (χ3n) is 3.56. The molecular formula is C16H13N3O3. The van der Waals surface area contributed by atoms with Crippen LogP contribution in [-0.2, 0) is 0 Å². The summed E-state index contributed by atoms with van der Waals surface area (Å²) in [5.41, 5.74) is 3.04. The van der Waals surface area contributed by atoms with Crippen molar-refractivity contribution in [3.63, 3.8) is 0 Å². The average molecular weight is 295 g/mol. The fourth-order valence-electron chi connectivity index (χ4n) is 2.44. The molecule has 0 bridgehead atoms. The summed E-state index contributed by atoms with van der Waals surface area (Å²) in [4.78, 5) is 22.7. The molecule has 0 saturated carbocycles. The molecule has 0 unspecified atom stereocenters. The lowest BCUT2D eigenvalue weighted by Gasteiger charge is -2.25. The summed E-state index contributed by atoms with van der Waals surface area (Å²) in [7, 11) is 1.63. The lowest BCUT2D eigenvalue weighted by atomic mass is 10.1. The Kier molecular flexibility index (Phi) is 2.69. The summed E-state index contributed by atoms with van der Waals surface area (Å²) in [5.74, 6) is 1.47. The molecule has 2 aromatic carbocycles. The highest BCUT2D eigenvalue weighted by Gasteiger charge is 2.15. The number of hydroxylamine groups is 1. The third-order valence-corrected chi connectivity index (χ3v) is 3.56. The average Bonchev–Trinajstić information content (AvgIpc) is 2.91. The summed E-state index contributed by atoms with van der Waals surface area (Å²) in [6.07, 6.45) is 3.77. The van der Waals surface area contributed by atoms with E-state index >= 15 is 0 Å². The molecule has 0 amide bonds. The van der Waals surface area contributed by atoms with Crippen LogP contribution >= 0.6 is 0 Å². The van der Waals surface area contributed by atoms with Gasteiger partial charge in [0.25, 0.3) is 0 Å². The van der Waals surface area contributed by atoms with Crippen molar-refractivity contribution in [3.8, 4) is 11.5 Å². The summed E-state index contributed by atoms with van der Waals surface area (Å²) in [6.45, 7) is 0. The van der Waals surface area contributed by atoms with Crippen molar-refractivity contribution in [1.29, 1.82) is 0 Å². The number of fused-ring (bicyclic) bond motifs is 2. The maximum absolute atomic E-state index is 11.4. The van der Waals surface area contributed by atoms with E-state index in [1.807, 2.05) is 48.7 Å². The molecule has 4 rings (SSSR count). The minimum Gasteiger partial charge on any atom is -0.497 e. The van der Waals surface area contributed by atoms with Crippen LogP contribution in [0.25, 0.3) is 17.1 Å². The maximum atomic E-state index is 11.4. The monoisotopic (exact) mass is 295 g/mol. The zero-order chi connectivity index (χ0) is 15.1. The largest absolute Gasteiger partial charge is 0.497 e. The number of aromatic nitrogens is 2. The Hall–Kier alpha value is -3.15. The van der Waals surface area contributed by atoms with Crippen molar-refractivity contribution < 1.29 is 9.57 Å². The quantitative estimate of drug-likeness (QED) is 0.762. The molecule has 0 fully saturated rings. The van der Waals surface area contributed by atoms with Gasteiger partial charge >= 0.3 is 5.69 Å². The van der Waals surface area contributed by atoms with E-state index in [9.17, 15) is 4.79 Å². The van der Waals surface area contributed by atoms with E-state index in [0.717, 1.165) is 22.5 Å². The highest BCUT2D eigenvalue weighted by Crippen LogP contribution is 2.31. The molecule has 1 aliphatic rings. The number of rotatable bonds is 2. The predicted molar refractivity (Wildman–Crippen MR) is 84.1 cm³/mol. The van der Waals surface area contributed by atoms with Gasteiger partial charge in [0.05, 0.1) is 23.8 Å². The fraction of sp³-hybridized carbons (Fsp3) is 0.0625. The molecule has 2 N–H and O–H groups in total. The van der Waals surface area contributed by atoms with Gasteiger partial charge < -0.3 is 19.5 Å². The first-order valence-electron chi connectivity index (χ1n) is 6.78. The van der Waals surface area contributed by atoms with Crippen LogP contribution in [0.15, 0.2) is 47.4 Å². The molecule has 22 heavy (non-hydrogen) atoms. The normalized spacial score (nSPS) is 13.0. The zero-order valence-corrected chi connectivity index (χ0v) is 11.8. The van der Waals surface area contributed by atoms with Gasteiger partial charge in [-0.25, -0.2) is 4.79 Å². The minimum atomic E-state index is -0.228. The predicted octanol–water partition coefficient (Wildman–Crippen LogP) is 2.65. The van der Waals surface area contributed by atoms with Crippen LogP contribution in [0.2, 0.25) is 0 Å². The first-order valence-corrected chi connectivity index (χ1v) is 6.78. The minimum absolute atomic E-state index is 0.228. The van der Waals surface area contributed by atoms with Crippen molar-refractivity contribution in [2.24, 2.45) is 0 Å². The van der Waals surface area contributed by atoms with Gasteiger partial charge in [-0.1, -0.05) is 0 Å². The Morgan fingerprint density at radius 2 is 1.82 bits per heavy atom. The Morgan fingerprint density at radius 1 is 1.09 bits per heavy atom. The number of nitrogens with zero attached hydrogens (tertiary/aromatic N) is 1. The van der Waals surface area contributed by atoms with Crippen LogP contribution in [0.3, 0.4) is 0 Å². The van der Waals surface area contributed by atoms with Gasteiger partial charge in [0, 0.05) is 17.8 Å². The second-order valence-corrected chi connectivity index (χ2v) is 4.95. The Bertz CT molecular complexity index is 922. The van der Waals surface area contributed by atoms with Crippen molar-refractivity contribution in [2.45, 2.75) is 0 Å². The van der Waals surface area contributed by atoms with E-state index in [2.05, 4.69) is 9.97 Å². The van der Waals surface area contributed by atoms with Gasteiger partial charge in [-0.05, 0) is 36.4 Å². The van der Waals surface area contributed by atoms with Crippen LogP contribution in [0, 0.1) is 0 Å². The molecule has 0 atom stereocenters. The maximum Gasteiger partial charge on any atom is 0.323 e. The molecule has 2 heterocycles. The molecule has 6 nitrogen and oxygen atoms in total. The number of hydrogen-bond acceptors (Lipinski definition) is 4. The third kappa shape index (κ3) is 2.01. The number of nitrogens with one attached hydrogen (secondary N) is 2. The molecular weight excluding hydrogens is 282 g/mol. The van der Waals surface area contributed by atoms with Crippen LogP contribution in [0.1, 0.15) is 5.56 Å². The Morgan fingerprint density at radius 3 is 2.55 bits per heavy atom. The van der Waals surface area contributed by atoms with E-state index in [4.69, 9.17) is 9.57 Å². The van der Waals surface area contributed by atoms with E-state index < -0.39 is 0 Å². The number of imidazole rings is 1. The highest BCUT2D eigenvalue weighted by molar-refractivity contribution is 5.82. The van der Waals surface area contributed by atoms with Crippen molar-refractivity contribution in [2.75, 3.05) is 12.2 Å². The van der Waals surface area contributed by atoms with Gasteiger partial charge in [0.1, 0.15) is 5.75 Å². The van der Waals surface area contributed by atoms with Crippen molar-refractivity contribution in [3.05, 3.63) is 58.6 Å². The van der Waals surface area contributed by atoms with Gasteiger partial charge in [-0.2, -0.15) is 5.06 Å². The molecule has 0 aliphatic carbocycles. The Labute approximate surface area is 125 Å². The van der Waals surface area contributed by atoms with Gasteiger partial charge in [0.2, 0.25) is 0 Å². The topological polar surface area (TPSA) is 70.3 Å². The first kappa shape index (κ1) is 12.6. The Balaban J connectivity index is 1.70. The molecule has 6 heteroatoms. The second kappa shape index (κ2) is 4.70. The smallest absolute Gasteiger partial charge is 0.323 e. The van der Waals surface area contributed by atoms with Gasteiger partial charge in [-0.3, -0.25) is 0 Å². The van der Waals surface area contributed by atoms with E-state index in [1.54, 1.807) is 12.2 Å². The molecule has 110 valence electrons. The number of aromatic amines is 2. The lowest BCUT2D eigenvalue weighted by Crippen LogP contribution is -2.23. The van der Waals surface area contributed by atoms with Crippen molar-refractivity contribution >= 4 is 22.8 Å². The number of anilines is 1. The molecule has 0 radical (unpaired) electrons. The highest BCUT2D eigenvalue weighted by atomic mass is 16.7. The summed E-state index contributed by atoms with van der Waals surface area (Å²) >= 11 is 0. The molecule has 1 aliphatic heterocycles. The van der Waals surface area contributed by atoms with Crippen LogP contribution in [0.4, 0.5) is 5.69 Å². The summed E-state index contributed by atoms with van der Waals surface area (Å²) < 4.78 is 5.15. The standard InChI is InChI=1S/C16H13N3O3/c1-21-12-4-2-11(3-5-12)19-7-6-10-8-13-14(9-15(10)22-19)18-16(20)17-13/h2-9H,1H3,(H2,17,18,20). The molecule has 0 saturated heterocycles. The second-order valence-electron chi connectivity index (χ2n) is 4.95. The number of H-pyrrole nitrogens is 2. The fourth-order valence-corrected chi connectivity index (χ4v) is 2.44. The van der Waals surface area contributed by atoms with Crippen LogP contribution in [0.5, 0.6) is 11.5 Å². The van der Waals surface area contributed by atoms with Crippen molar-refractivity contribution in [1.82, 2.24) is 9.97 Å². The van der Waals surface area contributed by atoms with E-state index in [0.29, 0.717) is 11.3 Å². The van der Waals surface area contributed by atoms with E-state index in [-0.39, 0.29) is 5.69 Å². The van der Waals surface area contributed by atoms with E-state index in [1.165, 1.54) is 0 Å². The summed E-state index contributed by atoms with van der Waals surface area (Å²) in [5, 5.41) is 1.67. The number of ether oxygens (including phenoxy) is 1. The molecule has 0 spiro atoms. The summed E-state index contributed by atoms with van der Waals surface area (Å²) in [6, 6.07) is 11.2. The van der Waals surface area contributed by atoms with Crippen LogP contribution < -0.4 is 20.3 Å².